The minimum absolute atomic E-state index is 0.0117. The van der Waals surface area contributed by atoms with Crippen LogP contribution in [-0.4, -0.2) is 22.3 Å². The minimum Gasteiger partial charge on any atom is -0.478 e. The number of allylic oxidation sites excluding steroid dienone is 6. The second-order valence-corrected chi connectivity index (χ2v) is 7.64. The van der Waals surface area contributed by atoms with Gasteiger partial charge in [-0.2, -0.15) is 0 Å². The topological polar surface area (TPSA) is 49.8 Å². The Labute approximate surface area is 139 Å². The highest BCUT2D eigenvalue weighted by Gasteiger charge is 2.73. The summed E-state index contributed by atoms with van der Waals surface area (Å²) < 4.78 is 6.20. The number of hydrogen-bond acceptors (Lipinski definition) is 2. The summed E-state index contributed by atoms with van der Waals surface area (Å²) in [6.45, 7) is 10.6. The standard InChI is InChI=1S/C20H28O3/c1-15(8-6-9-16(2)14-17(21)22)10-13-20-18(3,4)11-7-12-19(20,5)23-20/h6,8-10,13-14H,7,11-12H2,1-5H3,(H,21,22)/b9-6+,13-10+,15-8+,16-14+/t19-,20+/m0/s1. The van der Waals surface area contributed by atoms with Gasteiger partial charge in [0, 0.05) is 11.5 Å². The van der Waals surface area contributed by atoms with Gasteiger partial charge in [0.2, 0.25) is 0 Å². The van der Waals surface area contributed by atoms with Crippen molar-refractivity contribution in [3.05, 3.63) is 47.6 Å². The Morgan fingerprint density at radius 1 is 1.09 bits per heavy atom. The van der Waals surface area contributed by atoms with Crippen LogP contribution < -0.4 is 0 Å². The Morgan fingerprint density at radius 2 is 1.78 bits per heavy atom. The monoisotopic (exact) mass is 316 g/mol. The van der Waals surface area contributed by atoms with Crippen LogP contribution in [0.4, 0.5) is 0 Å². The van der Waals surface area contributed by atoms with Crippen LogP contribution in [-0.2, 0) is 9.53 Å². The number of aliphatic carboxylic acids is 1. The van der Waals surface area contributed by atoms with E-state index in [1.165, 1.54) is 18.9 Å². The Morgan fingerprint density at radius 3 is 2.39 bits per heavy atom. The molecule has 2 aliphatic rings. The summed E-state index contributed by atoms with van der Waals surface area (Å²) in [5.74, 6) is -0.920. The number of fused-ring (bicyclic) bond motifs is 1. The average Bonchev–Trinajstić information content (AvgIpc) is 3.03. The number of carboxylic acids is 1. The van der Waals surface area contributed by atoms with Crippen molar-refractivity contribution in [1.82, 2.24) is 0 Å². The zero-order valence-electron chi connectivity index (χ0n) is 14.8. The lowest BCUT2D eigenvalue weighted by Gasteiger charge is -2.36. The number of ether oxygens (including phenoxy) is 1. The number of carboxylic acid groups (broad SMARTS) is 1. The molecule has 2 fully saturated rings. The molecule has 2 rings (SSSR count). The van der Waals surface area contributed by atoms with Crippen LogP contribution in [0.25, 0.3) is 0 Å². The maximum absolute atomic E-state index is 10.6. The summed E-state index contributed by atoms with van der Waals surface area (Å²) >= 11 is 0. The number of epoxide rings is 1. The van der Waals surface area contributed by atoms with Crippen molar-refractivity contribution < 1.29 is 14.6 Å². The van der Waals surface area contributed by atoms with Crippen LogP contribution in [0.5, 0.6) is 0 Å². The largest absolute Gasteiger partial charge is 0.478 e. The predicted molar refractivity (Wildman–Crippen MR) is 93.3 cm³/mol. The molecule has 0 radical (unpaired) electrons. The summed E-state index contributed by atoms with van der Waals surface area (Å²) in [4.78, 5) is 10.6. The van der Waals surface area contributed by atoms with Crippen molar-refractivity contribution in [2.24, 2.45) is 5.41 Å². The van der Waals surface area contributed by atoms with Gasteiger partial charge in [-0.15, -0.1) is 0 Å². The minimum atomic E-state index is -0.920. The van der Waals surface area contributed by atoms with E-state index in [2.05, 4.69) is 32.9 Å². The van der Waals surface area contributed by atoms with Crippen molar-refractivity contribution in [2.75, 3.05) is 0 Å². The van der Waals surface area contributed by atoms with Crippen molar-refractivity contribution in [3.8, 4) is 0 Å². The summed E-state index contributed by atoms with van der Waals surface area (Å²) in [5, 5.41) is 8.68. The molecule has 3 nitrogen and oxygen atoms in total. The van der Waals surface area contributed by atoms with Crippen molar-refractivity contribution in [3.63, 3.8) is 0 Å². The van der Waals surface area contributed by atoms with Gasteiger partial charge in [-0.3, -0.25) is 0 Å². The third kappa shape index (κ3) is 3.50. The van der Waals surface area contributed by atoms with E-state index in [1.54, 1.807) is 13.0 Å². The van der Waals surface area contributed by atoms with Gasteiger partial charge in [-0.25, -0.2) is 4.79 Å². The SMILES string of the molecule is CC(/C=C/[C@]12O[C@@]1(C)CCCC2(C)C)=C\C=C\C(C)=C\C(=O)O. The van der Waals surface area contributed by atoms with E-state index < -0.39 is 5.97 Å². The van der Waals surface area contributed by atoms with Crippen LogP contribution in [0.3, 0.4) is 0 Å². The predicted octanol–water partition coefficient (Wildman–Crippen LogP) is 4.81. The number of rotatable bonds is 5. The van der Waals surface area contributed by atoms with Crippen LogP contribution in [0.1, 0.15) is 53.9 Å². The van der Waals surface area contributed by atoms with Gasteiger partial charge in [0.1, 0.15) is 5.60 Å². The lowest BCUT2D eigenvalue weighted by atomic mass is 9.64. The third-order valence-corrected chi connectivity index (χ3v) is 5.24. The van der Waals surface area contributed by atoms with Gasteiger partial charge >= 0.3 is 5.97 Å². The number of carbonyl (C=O) groups is 1. The second kappa shape index (κ2) is 6.12. The van der Waals surface area contributed by atoms with Crippen LogP contribution >= 0.6 is 0 Å². The molecule has 0 aromatic rings. The van der Waals surface area contributed by atoms with E-state index in [-0.39, 0.29) is 16.6 Å². The van der Waals surface area contributed by atoms with E-state index in [1.807, 2.05) is 19.1 Å². The zero-order chi connectivity index (χ0) is 17.3. The Kier molecular flexibility index (Phi) is 4.72. The van der Waals surface area contributed by atoms with Crippen LogP contribution in [0.2, 0.25) is 0 Å². The fourth-order valence-electron chi connectivity index (χ4n) is 3.81. The molecule has 1 aliphatic heterocycles. The highest BCUT2D eigenvalue weighted by molar-refractivity contribution is 5.81. The van der Waals surface area contributed by atoms with Gasteiger partial charge in [0.05, 0.1) is 5.60 Å². The first-order chi connectivity index (χ1) is 10.6. The first-order valence-corrected chi connectivity index (χ1v) is 8.28. The average molecular weight is 316 g/mol. The highest BCUT2D eigenvalue weighted by Crippen LogP contribution is 2.66. The molecule has 0 unspecified atom stereocenters. The van der Waals surface area contributed by atoms with E-state index >= 15 is 0 Å². The molecule has 1 N–H and O–H groups in total. The maximum Gasteiger partial charge on any atom is 0.328 e. The Bertz CT molecular complexity index is 606. The molecule has 1 aliphatic carbocycles. The van der Waals surface area contributed by atoms with E-state index in [0.29, 0.717) is 0 Å². The Hall–Kier alpha value is -1.61. The number of hydrogen-bond donors (Lipinski definition) is 1. The van der Waals surface area contributed by atoms with Gasteiger partial charge in [-0.1, -0.05) is 43.7 Å². The van der Waals surface area contributed by atoms with Gasteiger partial charge < -0.3 is 9.84 Å². The summed E-state index contributed by atoms with van der Waals surface area (Å²) in [5.41, 5.74) is 1.85. The van der Waals surface area contributed by atoms with Crippen molar-refractivity contribution >= 4 is 5.97 Å². The second-order valence-electron chi connectivity index (χ2n) is 7.64. The fraction of sp³-hybridized carbons (Fsp3) is 0.550. The molecule has 0 aromatic carbocycles. The summed E-state index contributed by atoms with van der Waals surface area (Å²) in [7, 11) is 0. The van der Waals surface area contributed by atoms with Gasteiger partial charge in [0.15, 0.2) is 0 Å². The molecule has 126 valence electrons. The molecule has 2 atom stereocenters. The van der Waals surface area contributed by atoms with E-state index in [9.17, 15) is 4.79 Å². The lowest BCUT2D eigenvalue weighted by Crippen LogP contribution is -2.41. The molecule has 1 heterocycles. The smallest absolute Gasteiger partial charge is 0.328 e. The third-order valence-electron chi connectivity index (χ3n) is 5.24. The Balaban J connectivity index is 2.07. The quantitative estimate of drug-likeness (QED) is 0.450. The molecule has 0 spiro atoms. The van der Waals surface area contributed by atoms with Gasteiger partial charge in [-0.05, 0) is 51.7 Å². The van der Waals surface area contributed by atoms with E-state index in [4.69, 9.17) is 9.84 Å². The molecule has 0 aromatic heterocycles. The fourth-order valence-corrected chi connectivity index (χ4v) is 3.81. The molecule has 0 amide bonds. The van der Waals surface area contributed by atoms with E-state index in [0.717, 1.165) is 17.6 Å². The molecule has 1 saturated carbocycles. The molecule has 23 heavy (non-hydrogen) atoms. The van der Waals surface area contributed by atoms with Crippen molar-refractivity contribution in [1.29, 1.82) is 0 Å². The molecular weight excluding hydrogens is 288 g/mol. The zero-order valence-corrected chi connectivity index (χ0v) is 14.8. The van der Waals surface area contributed by atoms with Crippen LogP contribution in [0.15, 0.2) is 47.6 Å². The molecule has 1 saturated heterocycles. The summed E-state index contributed by atoms with van der Waals surface area (Å²) in [6.07, 6.45) is 14.8. The first-order valence-electron chi connectivity index (χ1n) is 8.28. The van der Waals surface area contributed by atoms with Crippen LogP contribution in [0, 0.1) is 5.41 Å². The maximum atomic E-state index is 10.6. The van der Waals surface area contributed by atoms with Gasteiger partial charge in [0.25, 0.3) is 0 Å². The molecular formula is C20H28O3. The normalized spacial score (nSPS) is 34.0. The van der Waals surface area contributed by atoms with Crippen molar-refractivity contribution in [2.45, 2.75) is 65.1 Å². The lowest BCUT2D eigenvalue weighted by molar-refractivity contribution is -0.131. The molecule has 3 heteroatoms. The highest BCUT2D eigenvalue weighted by atomic mass is 16.6. The summed E-state index contributed by atoms with van der Waals surface area (Å²) in [6, 6.07) is 0. The molecule has 0 bridgehead atoms. The first kappa shape index (κ1) is 17.7.